The van der Waals surface area contributed by atoms with Crippen molar-refractivity contribution in [1.82, 2.24) is 0 Å². The number of esters is 1. The van der Waals surface area contributed by atoms with Gasteiger partial charge in [0.2, 0.25) is 5.24 Å². The van der Waals surface area contributed by atoms with Crippen LogP contribution >= 0.6 is 11.6 Å². The van der Waals surface area contributed by atoms with Gasteiger partial charge in [0.05, 0.1) is 6.61 Å². The topological polar surface area (TPSA) is 104 Å². The third-order valence-electron chi connectivity index (χ3n) is 3.24. The molecule has 0 heterocycles. The molecule has 0 spiro atoms. The number of halogens is 1. The molecule has 2 aromatic rings. The predicted molar refractivity (Wildman–Crippen MR) is 113 cm³/mol. The van der Waals surface area contributed by atoms with Crippen LogP contribution in [0.4, 0.5) is 0 Å². The number of carbonyl (C=O) groups is 2. The number of hydrogen-bond donors (Lipinski definition) is 3. The van der Waals surface area contributed by atoms with Crippen LogP contribution in [0, 0.1) is 0 Å². The van der Waals surface area contributed by atoms with E-state index in [9.17, 15) is 9.59 Å². The lowest BCUT2D eigenvalue weighted by molar-refractivity contribution is -0.137. The number of benzene rings is 2. The van der Waals surface area contributed by atoms with Crippen molar-refractivity contribution in [2.45, 2.75) is 12.8 Å². The molecule has 0 unspecified atom stereocenters. The van der Waals surface area contributed by atoms with Crippen LogP contribution in [0.15, 0.2) is 73.8 Å². The summed E-state index contributed by atoms with van der Waals surface area (Å²) in [4.78, 5) is 20.1. The lowest BCUT2D eigenvalue weighted by Gasteiger charge is -2.02. The van der Waals surface area contributed by atoms with Gasteiger partial charge in [-0.2, -0.15) is 0 Å². The van der Waals surface area contributed by atoms with Crippen LogP contribution in [0.1, 0.15) is 11.1 Å². The van der Waals surface area contributed by atoms with Gasteiger partial charge in [-0.1, -0.05) is 37.4 Å². The molecule has 7 heteroatoms. The Balaban J connectivity index is 0.000000455. The second-order valence-electron chi connectivity index (χ2n) is 5.44. The van der Waals surface area contributed by atoms with Crippen LogP contribution < -0.4 is 0 Å². The van der Waals surface area contributed by atoms with Gasteiger partial charge in [-0.15, -0.1) is 0 Å². The first-order valence-electron chi connectivity index (χ1n) is 8.60. The number of carbonyl (C=O) groups excluding carboxylic acids is 2. The summed E-state index contributed by atoms with van der Waals surface area (Å²) >= 11 is 4.71. The number of phenols is 2. The van der Waals surface area contributed by atoms with Crippen LogP contribution in [0.2, 0.25) is 0 Å². The van der Waals surface area contributed by atoms with Gasteiger partial charge in [-0.25, -0.2) is 4.79 Å². The van der Waals surface area contributed by atoms with Crippen molar-refractivity contribution < 1.29 is 29.6 Å². The van der Waals surface area contributed by atoms with E-state index in [1.54, 1.807) is 48.5 Å². The quantitative estimate of drug-likeness (QED) is 0.359. The van der Waals surface area contributed by atoms with E-state index in [1.807, 2.05) is 0 Å². The smallest absolute Gasteiger partial charge is 0.330 e. The fourth-order valence-corrected chi connectivity index (χ4v) is 1.78. The molecule has 29 heavy (non-hydrogen) atoms. The van der Waals surface area contributed by atoms with E-state index in [4.69, 9.17) is 31.7 Å². The molecule has 6 nitrogen and oxygen atoms in total. The lowest BCUT2D eigenvalue weighted by atomic mass is 10.1. The summed E-state index contributed by atoms with van der Waals surface area (Å²) in [6, 6.07) is 13.6. The minimum absolute atomic E-state index is 0.158. The number of phenolic OH excluding ortho intramolecular Hbond substituents is 2. The number of allylic oxidation sites excluding steroid dienone is 1. The van der Waals surface area contributed by atoms with Gasteiger partial charge in [0.1, 0.15) is 11.5 Å². The summed E-state index contributed by atoms with van der Waals surface area (Å²) in [5.74, 6) is 0.0855. The Morgan fingerprint density at radius 1 is 0.862 bits per heavy atom. The van der Waals surface area contributed by atoms with E-state index in [2.05, 4.69) is 13.2 Å². The summed E-state index contributed by atoms with van der Waals surface area (Å²) in [6.07, 6.45) is 3.47. The van der Waals surface area contributed by atoms with Crippen molar-refractivity contribution in [3.05, 3.63) is 85.0 Å². The number of aliphatic hydroxyl groups excluding tert-OH is 1. The Bertz CT molecular complexity index is 754. The van der Waals surface area contributed by atoms with E-state index >= 15 is 0 Å². The van der Waals surface area contributed by atoms with Crippen molar-refractivity contribution in [3.63, 3.8) is 0 Å². The molecule has 0 fully saturated rings. The molecule has 0 bridgehead atoms. The normalized spacial score (nSPS) is 9.03. The first-order chi connectivity index (χ1) is 13.8. The van der Waals surface area contributed by atoms with Gasteiger partial charge in [-0.05, 0) is 59.5 Å². The molecule has 2 rings (SSSR count). The van der Waals surface area contributed by atoms with Crippen molar-refractivity contribution in [3.8, 4) is 11.5 Å². The molecule has 0 saturated heterocycles. The second-order valence-corrected chi connectivity index (χ2v) is 5.81. The maximum absolute atomic E-state index is 10.7. The molecule has 0 amide bonds. The third-order valence-corrected chi connectivity index (χ3v) is 3.39. The Kier molecular flexibility index (Phi) is 14.2. The molecule has 2 aromatic carbocycles. The van der Waals surface area contributed by atoms with Crippen LogP contribution in [0.3, 0.4) is 0 Å². The van der Waals surface area contributed by atoms with Crippen molar-refractivity contribution in [1.29, 1.82) is 0 Å². The third kappa shape index (κ3) is 14.6. The summed E-state index contributed by atoms with van der Waals surface area (Å²) in [5, 5.41) is 25.9. The van der Waals surface area contributed by atoms with Gasteiger partial charge < -0.3 is 20.1 Å². The summed E-state index contributed by atoms with van der Waals surface area (Å²) in [5.41, 5.74) is 2.06. The highest BCUT2D eigenvalue weighted by Crippen LogP contribution is 2.10. The molecule has 0 aromatic heterocycles. The molecule has 0 aliphatic heterocycles. The molecule has 0 aliphatic rings. The maximum Gasteiger partial charge on any atom is 0.330 e. The zero-order valence-electron chi connectivity index (χ0n) is 16.0. The maximum atomic E-state index is 10.7. The van der Waals surface area contributed by atoms with Crippen molar-refractivity contribution >= 4 is 22.8 Å². The lowest BCUT2D eigenvalue weighted by Crippen LogP contribution is -2.04. The van der Waals surface area contributed by atoms with E-state index in [-0.39, 0.29) is 18.1 Å². The van der Waals surface area contributed by atoms with Crippen molar-refractivity contribution in [2.75, 3.05) is 13.2 Å². The van der Waals surface area contributed by atoms with E-state index in [0.717, 1.165) is 23.3 Å². The second kappa shape index (κ2) is 15.9. The van der Waals surface area contributed by atoms with Crippen LogP contribution in [-0.2, 0) is 27.2 Å². The minimum atomic E-state index is -0.509. The number of ether oxygens (including phenoxy) is 1. The Hall–Kier alpha value is -3.09. The highest BCUT2D eigenvalue weighted by molar-refractivity contribution is 6.66. The van der Waals surface area contributed by atoms with E-state index in [0.29, 0.717) is 19.4 Å². The van der Waals surface area contributed by atoms with E-state index in [1.165, 1.54) is 0 Å². The SMILES string of the molecule is C=CC(=O)Cl.C=CC(=O)OCCc1ccc(O)cc1.OCCc1ccc(O)cc1. The number of rotatable bonds is 7. The minimum Gasteiger partial charge on any atom is -0.508 e. The number of hydrogen-bond acceptors (Lipinski definition) is 6. The van der Waals surface area contributed by atoms with Crippen LogP contribution in [-0.4, -0.2) is 39.7 Å². The average molecular weight is 421 g/mol. The van der Waals surface area contributed by atoms with Crippen LogP contribution in [0.25, 0.3) is 0 Å². The summed E-state index contributed by atoms with van der Waals surface area (Å²) < 4.78 is 4.81. The highest BCUT2D eigenvalue weighted by Gasteiger charge is 1.97. The molecule has 0 atom stereocenters. The van der Waals surface area contributed by atoms with Gasteiger partial charge in [0.25, 0.3) is 0 Å². The zero-order chi connectivity index (χ0) is 22.1. The standard InChI is InChI=1S/C11H12O3.C8H10O2.C3H3ClO/c1-2-11(13)14-8-7-9-3-5-10(12)6-4-9;9-6-5-7-1-3-8(10)4-2-7;1-2-3(4)5/h2-6,12H,1,7-8H2;1-4,9-10H,5-6H2;2H,1H2. The van der Waals surface area contributed by atoms with Gasteiger partial charge in [-0.3, -0.25) is 4.79 Å². The fraction of sp³-hybridized carbons (Fsp3) is 0.182. The van der Waals surface area contributed by atoms with Crippen LogP contribution in [0.5, 0.6) is 11.5 Å². The number of aromatic hydroxyl groups is 2. The Morgan fingerprint density at radius 3 is 1.62 bits per heavy atom. The van der Waals surface area contributed by atoms with Crippen molar-refractivity contribution in [2.24, 2.45) is 0 Å². The van der Waals surface area contributed by atoms with E-state index < -0.39 is 11.2 Å². The molecular formula is C22H25ClO6. The number of aliphatic hydroxyl groups is 1. The first-order valence-corrected chi connectivity index (χ1v) is 8.98. The summed E-state index contributed by atoms with van der Waals surface area (Å²) in [6.45, 7) is 6.86. The first kappa shape index (κ1) is 25.9. The molecule has 0 saturated carbocycles. The molecule has 156 valence electrons. The molecule has 3 N–H and O–H groups in total. The van der Waals surface area contributed by atoms with Gasteiger partial charge >= 0.3 is 5.97 Å². The largest absolute Gasteiger partial charge is 0.508 e. The highest BCUT2D eigenvalue weighted by atomic mass is 35.5. The predicted octanol–water partition coefficient (Wildman–Crippen LogP) is 3.53. The summed E-state index contributed by atoms with van der Waals surface area (Å²) in [7, 11) is 0. The Labute approximate surface area is 175 Å². The van der Waals surface area contributed by atoms with Gasteiger partial charge in [0, 0.05) is 19.1 Å². The fourth-order valence-electron chi connectivity index (χ4n) is 1.78. The molecule has 0 radical (unpaired) electrons. The average Bonchev–Trinajstić information content (AvgIpc) is 2.72. The molecular weight excluding hydrogens is 396 g/mol. The molecule has 0 aliphatic carbocycles. The van der Waals surface area contributed by atoms with Gasteiger partial charge in [0.15, 0.2) is 0 Å². The Morgan fingerprint density at radius 2 is 1.28 bits per heavy atom. The zero-order valence-corrected chi connectivity index (χ0v) is 16.7. The monoisotopic (exact) mass is 420 g/mol.